The molecule has 0 aliphatic rings. The first kappa shape index (κ1) is 15.0. The Labute approximate surface area is 123 Å². The maximum Gasteiger partial charge on any atom is 0.240 e. The van der Waals surface area contributed by atoms with Gasteiger partial charge in [-0.05, 0) is 55.0 Å². The number of thiophene rings is 1. The predicted octanol–water partition coefficient (Wildman–Crippen LogP) is 2.47. The second-order valence-corrected chi connectivity index (χ2v) is 7.46. The normalized spacial score (nSPS) is 11.7. The highest BCUT2D eigenvalue weighted by Crippen LogP contribution is 2.22. The van der Waals surface area contributed by atoms with Crippen LogP contribution in [0.25, 0.3) is 0 Å². The largest absolute Gasteiger partial charge is 0.399 e. The molecule has 1 aromatic carbocycles. The van der Waals surface area contributed by atoms with Gasteiger partial charge in [0, 0.05) is 17.1 Å². The van der Waals surface area contributed by atoms with E-state index >= 15 is 0 Å². The number of nitrogens with two attached hydrogens (primary N) is 1. The van der Waals surface area contributed by atoms with Gasteiger partial charge in [0.05, 0.1) is 4.90 Å². The van der Waals surface area contributed by atoms with Crippen molar-refractivity contribution in [2.24, 2.45) is 0 Å². The Hall–Kier alpha value is -1.37. The van der Waals surface area contributed by atoms with E-state index in [0.29, 0.717) is 18.7 Å². The molecule has 3 N–H and O–H groups in total. The minimum absolute atomic E-state index is 0.265. The van der Waals surface area contributed by atoms with Gasteiger partial charge in [0.15, 0.2) is 0 Å². The van der Waals surface area contributed by atoms with E-state index in [-0.39, 0.29) is 4.90 Å². The van der Waals surface area contributed by atoms with Gasteiger partial charge in [0.25, 0.3) is 0 Å². The molecule has 1 heterocycles. The summed E-state index contributed by atoms with van der Waals surface area (Å²) in [6, 6.07) is 7.24. The molecule has 0 saturated carbocycles. The Morgan fingerprint density at radius 3 is 2.70 bits per heavy atom. The van der Waals surface area contributed by atoms with Gasteiger partial charge in [0.2, 0.25) is 10.0 Å². The third kappa shape index (κ3) is 3.39. The first-order valence-electron chi connectivity index (χ1n) is 6.29. The highest BCUT2D eigenvalue weighted by atomic mass is 32.2. The molecule has 1 aromatic heterocycles. The molecule has 0 fully saturated rings. The molecule has 0 saturated heterocycles. The monoisotopic (exact) mass is 310 g/mol. The van der Waals surface area contributed by atoms with Crippen molar-refractivity contribution in [2.45, 2.75) is 25.2 Å². The molecule has 6 heteroatoms. The summed E-state index contributed by atoms with van der Waals surface area (Å²) in [5.41, 5.74) is 7.82. The van der Waals surface area contributed by atoms with E-state index in [9.17, 15) is 8.42 Å². The van der Waals surface area contributed by atoms with E-state index in [2.05, 4.69) is 4.72 Å². The van der Waals surface area contributed by atoms with Crippen molar-refractivity contribution < 1.29 is 8.42 Å². The van der Waals surface area contributed by atoms with E-state index in [4.69, 9.17) is 5.73 Å². The first-order chi connectivity index (χ1) is 9.40. The van der Waals surface area contributed by atoms with Crippen LogP contribution in [0.1, 0.15) is 16.0 Å². The summed E-state index contributed by atoms with van der Waals surface area (Å²) < 4.78 is 27.3. The second kappa shape index (κ2) is 5.95. The smallest absolute Gasteiger partial charge is 0.240 e. The Bertz CT molecular complexity index is 692. The summed E-state index contributed by atoms with van der Waals surface area (Å²) in [4.78, 5) is 1.43. The van der Waals surface area contributed by atoms with Gasteiger partial charge >= 0.3 is 0 Å². The van der Waals surface area contributed by atoms with Gasteiger partial charge in [-0.15, -0.1) is 11.3 Å². The fourth-order valence-electron chi connectivity index (χ4n) is 1.97. The van der Waals surface area contributed by atoms with Crippen molar-refractivity contribution in [3.63, 3.8) is 0 Å². The average molecular weight is 310 g/mol. The molecule has 0 aliphatic carbocycles. The van der Waals surface area contributed by atoms with Gasteiger partial charge in [-0.3, -0.25) is 0 Å². The summed E-state index contributed by atoms with van der Waals surface area (Å²) in [5.74, 6) is 0. The Morgan fingerprint density at radius 1 is 1.30 bits per heavy atom. The molecule has 4 nitrogen and oxygen atoms in total. The lowest BCUT2D eigenvalue weighted by Crippen LogP contribution is -2.26. The molecule has 0 spiro atoms. The Balaban J connectivity index is 2.14. The highest BCUT2D eigenvalue weighted by Gasteiger charge is 2.18. The maximum atomic E-state index is 12.3. The van der Waals surface area contributed by atoms with Crippen LogP contribution < -0.4 is 10.5 Å². The zero-order valence-corrected chi connectivity index (χ0v) is 13.1. The van der Waals surface area contributed by atoms with Crippen LogP contribution in [0.2, 0.25) is 0 Å². The first-order valence-corrected chi connectivity index (χ1v) is 8.65. The van der Waals surface area contributed by atoms with Crippen LogP contribution in [0, 0.1) is 13.8 Å². The third-order valence-electron chi connectivity index (χ3n) is 3.18. The number of anilines is 1. The van der Waals surface area contributed by atoms with E-state index in [1.54, 1.807) is 24.3 Å². The molecule has 0 unspecified atom stereocenters. The van der Waals surface area contributed by atoms with Crippen molar-refractivity contribution in [1.29, 1.82) is 0 Å². The number of aryl methyl sites for hydroxylation is 1. The molecule has 2 rings (SSSR count). The molecule has 0 atom stereocenters. The van der Waals surface area contributed by atoms with Crippen LogP contribution in [-0.2, 0) is 16.4 Å². The second-order valence-electron chi connectivity index (χ2n) is 4.69. The number of nitrogen functional groups attached to an aromatic ring is 1. The molecular weight excluding hydrogens is 292 g/mol. The van der Waals surface area contributed by atoms with E-state index in [1.807, 2.05) is 24.4 Å². The minimum Gasteiger partial charge on any atom is -0.399 e. The van der Waals surface area contributed by atoms with E-state index in [0.717, 1.165) is 16.0 Å². The minimum atomic E-state index is -3.51. The lowest BCUT2D eigenvalue weighted by molar-refractivity contribution is 0.581. The number of hydrogen-bond acceptors (Lipinski definition) is 4. The summed E-state index contributed by atoms with van der Waals surface area (Å²) in [7, 11) is -3.51. The van der Waals surface area contributed by atoms with Crippen LogP contribution in [-0.4, -0.2) is 15.0 Å². The maximum absolute atomic E-state index is 12.3. The standard InChI is InChI=1S/C14H18N2O2S2/c1-10-8-12(15)9-14(11(10)2)20(17,18)16-6-5-13-4-3-7-19-13/h3-4,7-9,16H,5-6,15H2,1-2H3. The fraction of sp³-hybridized carbons (Fsp3) is 0.286. The van der Waals surface area contributed by atoms with Crippen LogP contribution in [0.4, 0.5) is 5.69 Å². The Kier molecular flexibility index (Phi) is 4.47. The molecule has 108 valence electrons. The van der Waals surface area contributed by atoms with Crippen molar-refractivity contribution in [3.8, 4) is 0 Å². The summed E-state index contributed by atoms with van der Waals surface area (Å²) >= 11 is 1.62. The average Bonchev–Trinajstić information content (AvgIpc) is 2.86. The Morgan fingerprint density at radius 2 is 2.05 bits per heavy atom. The lowest BCUT2D eigenvalue weighted by Gasteiger charge is -2.12. The highest BCUT2D eigenvalue weighted by molar-refractivity contribution is 7.89. The lowest BCUT2D eigenvalue weighted by atomic mass is 10.1. The van der Waals surface area contributed by atoms with Crippen LogP contribution in [0.3, 0.4) is 0 Å². The number of benzene rings is 1. The van der Waals surface area contributed by atoms with Crippen molar-refractivity contribution in [1.82, 2.24) is 4.72 Å². The third-order valence-corrected chi connectivity index (χ3v) is 5.70. The summed E-state index contributed by atoms with van der Waals surface area (Å²) in [5, 5.41) is 1.98. The number of nitrogens with one attached hydrogen (secondary N) is 1. The van der Waals surface area contributed by atoms with E-state index in [1.165, 1.54) is 6.07 Å². The molecule has 0 bridgehead atoms. The van der Waals surface area contributed by atoms with Crippen LogP contribution in [0.15, 0.2) is 34.5 Å². The molecule has 0 aliphatic heterocycles. The van der Waals surface area contributed by atoms with Crippen LogP contribution in [0.5, 0.6) is 0 Å². The van der Waals surface area contributed by atoms with Gasteiger partial charge in [-0.2, -0.15) is 0 Å². The SMILES string of the molecule is Cc1cc(N)cc(S(=O)(=O)NCCc2cccs2)c1C. The van der Waals surface area contributed by atoms with Crippen molar-refractivity contribution in [2.75, 3.05) is 12.3 Å². The molecule has 2 aromatic rings. The van der Waals surface area contributed by atoms with Crippen LogP contribution >= 0.6 is 11.3 Å². The number of sulfonamides is 1. The van der Waals surface area contributed by atoms with Crippen molar-refractivity contribution >= 4 is 27.0 Å². The van der Waals surface area contributed by atoms with Gasteiger partial charge < -0.3 is 5.73 Å². The fourth-order valence-corrected chi connectivity index (χ4v) is 4.06. The van der Waals surface area contributed by atoms with Crippen molar-refractivity contribution in [3.05, 3.63) is 45.6 Å². The zero-order valence-electron chi connectivity index (χ0n) is 11.5. The molecule has 0 amide bonds. The molecule has 20 heavy (non-hydrogen) atoms. The van der Waals surface area contributed by atoms with Gasteiger partial charge in [0.1, 0.15) is 0 Å². The number of rotatable bonds is 5. The zero-order chi connectivity index (χ0) is 14.8. The predicted molar refractivity (Wildman–Crippen MR) is 83.5 cm³/mol. The summed E-state index contributed by atoms with van der Waals surface area (Å²) in [6.07, 6.45) is 0.692. The quantitative estimate of drug-likeness (QED) is 0.833. The number of hydrogen-bond donors (Lipinski definition) is 2. The molecular formula is C14H18N2O2S2. The van der Waals surface area contributed by atoms with Gasteiger partial charge in [-0.1, -0.05) is 6.07 Å². The molecule has 0 radical (unpaired) electrons. The summed E-state index contributed by atoms with van der Waals surface area (Å²) in [6.45, 7) is 4.04. The topological polar surface area (TPSA) is 72.2 Å². The van der Waals surface area contributed by atoms with Gasteiger partial charge in [-0.25, -0.2) is 13.1 Å². The van der Waals surface area contributed by atoms with E-state index < -0.39 is 10.0 Å².